The third-order valence-corrected chi connectivity index (χ3v) is 3.34. The zero-order chi connectivity index (χ0) is 10.6. The minimum Gasteiger partial charge on any atom is -0.478 e. The van der Waals surface area contributed by atoms with Crippen LogP contribution in [0.2, 0.25) is 5.02 Å². The van der Waals surface area contributed by atoms with E-state index < -0.39 is 5.97 Å². The number of hydrogen-bond acceptors (Lipinski definition) is 2. The summed E-state index contributed by atoms with van der Waals surface area (Å²) < 4.78 is 0. The summed E-state index contributed by atoms with van der Waals surface area (Å²) in [6.45, 7) is 2.09. The number of rotatable bonds is 4. The summed E-state index contributed by atoms with van der Waals surface area (Å²) in [5.41, 5.74) is 0.232. The van der Waals surface area contributed by atoms with E-state index >= 15 is 0 Å². The van der Waals surface area contributed by atoms with Crippen LogP contribution >= 0.6 is 23.4 Å². The van der Waals surface area contributed by atoms with Crippen LogP contribution in [0.3, 0.4) is 0 Å². The molecule has 0 aliphatic rings. The van der Waals surface area contributed by atoms with Crippen LogP contribution in [-0.2, 0) is 0 Å². The Morgan fingerprint density at radius 2 is 2.29 bits per heavy atom. The highest BCUT2D eigenvalue weighted by molar-refractivity contribution is 7.99. The first-order chi connectivity index (χ1) is 6.65. The van der Waals surface area contributed by atoms with Gasteiger partial charge in [0, 0.05) is 4.90 Å². The van der Waals surface area contributed by atoms with E-state index in [1.807, 2.05) is 0 Å². The van der Waals surface area contributed by atoms with Crippen molar-refractivity contribution >= 4 is 29.3 Å². The normalized spacial score (nSPS) is 10.1. The van der Waals surface area contributed by atoms with Gasteiger partial charge in [0.05, 0.1) is 10.6 Å². The molecule has 0 aromatic heterocycles. The van der Waals surface area contributed by atoms with Crippen molar-refractivity contribution in [1.82, 2.24) is 0 Å². The quantitative estimate of drug-likeness (QED) is 0.804. The van der Waals surface area contributed by atoms with Crippen LogP contribution in [0.15, 0.2) is 23.1 Å². The molecule has 0 radical (unpaired) electrons. The Kier molecular flexibility index (Phi) is 4.29. The molecule has 0 bridgehead atoms. The van der Waals surface area contributed by atoms with E-state index in [4.69, 9.17) is 16.7 Å². The first kappa shape index (κ1) is 11.4. The summed E-state index contributed by atoms with van der Waals surface area (Å²) in [4.78, 5) is 11.6. The first-order valence-electron chi connectivity index (χ1n) is 4.30. The zero-order valence-corrected chi connectivity index (χ0v) is 9.36. The second-order valence-electron chi connectivity index (χ2n) is 2.80. The van der Waals surface area contributed by atoms with Gasteiger partial charge in [-0.2, -0.15) is 0 Å². The van der Waals surface area contributed by atoms with E-state index in [0.29, 0.717) is 5.02 Å². The Balaban J connectivity index is 2.84. The monoisotopic (exact) mass is 230 g/mol. The molecule has 0 spiro atoms. The standard InChI is InChI=1S/C10H11ClO2S/c1-2-5-14-9-4-3-7(10(12)13)6-8(9)11/h3-4,6H,2,5H2,1H3,(H,12,13). The van der Waals surface area contributed by atoms with Crippen molar-refractivity contribution in [3.8, 4) is 0 Å². The second-order valence-corrected chi connectivity index (χ2v) is 4.34. The van der Waals surface area contributed by atoms with Gasteiger partial charge in [-0.15, -0.1) is 11.8 Å². The van der Waals surface area contributed by atoms with Crippen LogP contribution in [0.25, 0.3) is 0 Å². The van der Waals surface area contributed by atoms with Crippen LogP contribution in [-0.4, -0.2) is 16.8 Å². The lowest BCUT2D eigenvalue weighted by atomic mass is 10.2. The molecule has 1 aromatic carbocycles. The molecule has 0 saturated carbocycles. The Morgan fingerprint density at radius 3 is 2.79 bits per heavy atom. The van der Waals surface area contributed by atoms with Gasteiger partial charge in [-0.1, -0.05) is 18.5 Å². The number of hydrogen-bond donors (Lipinski definition) is 1. The predicted molar refractivity (Wildman–Crippen MR) is 59.4 cm³/mol. The Morgan fingerprint density at radius 1 is 1.57 bits per heavy atom. The third-order valence-electron chi connectivity index (χ3n) is 1.64. The summed E-state index contributed by atoms with van der Waals surface area (Å²) >= 11 is 7.57. The van der Waals surface area contributed by atoms with Crippen LogP contribution in [0, 0.1) is 0 Å². The highest BCUT2D eigenvalue weighted by Crippen LogP contribution is 2.28. The minimum atomic E-state index is -0.945. The SMILES string of the molecule is CCCSc1ccc(C(=O)O)cc1Cl. The molecule has 0 aliphatic heterocycles. The molecule has 1 rings (SSSR count). The summed E-state index contributed by atoms with van der Waals surface area (Å²) in [6.07, 6.45) is 1.07. The van der Waals surface area contributed by atoms with Crippen LogP contribution in [0.4, 0.5) is 0 Å². The number of thioether (sulfide) groups is 1. The summed E-state index contributed by atoms with van der Waals surface area (Å²) in [5.74, 6) is 0.0468. The van der Waals surface area contributed by atoms with E-state index in [2.05, 4.69) is 6.92 Å². The first-order valence-corrected chi connectivity index (χ1v) is 5.67. The molecule has 2 nitrogen and oxygen atoms in total. The summed E-state index contributed by atoms with van der Waals surface area (Å²) in [7, 11) is 0. The fourth-order valence-corrected chi connectivity index (χ4v) is 2.09. The molecule has 0 atom stereocenters. The van der Waals surface area contributed by atoms with Crippen LogP contribution < -0.4 is 0 Å². The molecule has 4 heteroatoms. The molecular formula is C10H11ClO2S. The van der Waals surface area contributed by atoms with E-state index in [9.17, 15) is 4.79 Å². The molecule has 1 aromatic rings. The van der Waals surface area contributed by atoms with Crippen molar-refractivity contribution < 1.29 is 9.90 Å². The molecule has 0 amide bonds. The third kappa shape index (κ3) is 2.93. The molecule has 0 aliphatic carbocycles. The molecule has 0 fully saturated rings. The maximum atomic E-state index is 10.6. The largest absolute Gasteiger partial charge is 0.478 e. The minimum absolute atomic E-state index is 0.232. The maximum absolute atomic E-state index is 10.6. The van der Waals surface area contributed by atoms with E-state index in [0.717, 1.165) is 17.1 Å². The molecule has 0 unspecified atom stereocenters. The van der Waals surface area contributed by atoms with Crippen molar-refractivity contribution in [2.24, 2.45) is 0 Å². The number of carboxylic acids is 1. The lowest BCUT2D eigenvalue weighted by molar-refractivity contribution is 0.0697. The van der Waals surface area contributed by atoms with Crippen molar-refractivity contribution in [2.45, 2.75) is 18.2 Å². The molecule has 1 N–H and O–H groups in total. The average Bonchev–Trinajstić information content (AvgIpc) is 2.15. The topological polar surface area (TPSA) is 37.3 Å². The fraction of sp³-hybridized carbons (Fsp3) is 0.300. The van der Waals surface area contributed by atoms with E-state index in [1.165, 1.54) is 6.07 Å². The van der Waals surface area contributed by atoms with Crippen LogP contribution in [0.5, 0.6) is 0 Å². The van der Waals surface area contributed by atoms with Crippen molar-refractivity contribution in [3.63, 3.8) is 0 Å². The van der Waals surface area contributed by atoms with Gasteiger partial charge in [-0.3, -0.25) is 0 Å². The van der Waals surface area contributed by atoms with Gasteiger partial charge in [0.15, 0.2) is 0 Å². The van der Waals surface area contributed by atoms with E-state index in [1.54, 1.807) is 23.9 Å². The molecular weight excluding hydrogens is 220 g/mol. The van der Waals surface area contributed by atoms with Gasteiger partial charge in [0.2, 0.25) is 0 Å². The summed E-state index contributed by atoms with van der Waals surface area (Å²) in [5, 5.41) is 9.23. The lowest BCUT2D eigenvalue weighted by Gasteiger charge is -2.03. The van der Waals surface area contributed by atoms with Gasteiger partial charge in [-0.05, 0) is 30.4 Å². The van der Waals surface area contributed by atoms with Crippen LogP contribution in [0.1, 0.15) is 23.7 Å². The van der Waals surface area contributed by atoms with Gasteiger partial charge < -0.3 is 5.11 Å². The highest BCUT2D eigenvalue weighted by Gasteiger charge is 2.06. The van der Waals surface area contributed by atoms with E-state index in [-0.39, 0.29) is 5.56 Å². The smallest absolute Gasteiger partial charge is 0.335 e. The van der Waals surface area contributed by atoms with Crippen molar-refractivity contribution in [2.75, 3.05) is 5.75 Å². The van der Waals surface area contributed by atoms with Crippen molar-refractivity contribution in [1.29, 1.82) is 0 Å². The van der Waals surface area contributed by atoms with Crippen molar-refractivity contribution in [3.05, 3.63) is 28.8 Å². The highest BCUT2D eigenvalue weighted by atomic mass is 35.5. The maximum Gasteiger partial charge on any atom is 0.335 e. The molecule has 0 saturated heterocycles. The number of halogens is 1. The number of carboxylic acid groups (broad SMARTS) is 1. The Labute approximate surface area is 92.3 Å². The van der Waals surface area contributed by atoms with Gasteiger partial charge in [0.25, 0.3) is 0 Å². The van der Waals surface area contributed by atoms with Gasteiger partial charge in [0.1, 0.15) is 0 Å². The Hall–Kier alpha value is -0.670. The number of benzene rings is 1. The zero-order valence-electron chi connectivity index (χ0n) is 7.79. The van der Waals surface area contributed by atoms with Gasteiger partial charge in [-0.25, -0.2) is 4.79 Å². The Bertz CT molecular complexity index is 339. The number of carbonyl (C=O) groups is 1. The lowest BCUT2D eigenvalue weighted by Crippen LogP contribution is -1.95. The fourth-order valence-electron chi connectivity index (χ4n) is 0.963. The van der Waals surface area contributed by atoms with Gasteiger partial charge >= 0.3 is 5.97 Å². The molecule has 0 heterocycles. The number of aromatic carboxylic acids is 1. The summed E-state index contributed by atoms with van der Waals surface area (Å²) in [6, 6.07) is 4.82. The molecule has 14 heavy (non-hydrogen) atoms. The second kappa shape index (κ2) is 5.27. The molecule has 76 valence electrons. The average molecular weight is 231 g/mol. The predicted octanol–water partition coefficient (Wildman–Crippen LogP) is 3.54.